The fraction of sp³-hybridized carbons (Fsp3) is 1.00. The quantitative estimate of drug-likeness (QED) is 0.743. The second-order valence-corrected chi connectivity index (χ2v) is 6.28. The van der Waals surface area contributed by atoms with Crippen molar-refractivity contribution in [1.82, 2.24) is 9.80 Å². The van der Waals surface area contributed by atoms with Gasteiger partial charge in [0, 0.05) is 18.6 Å². The van der Waals surface area contributed by atoms with Gasteiger partial charge in [-0.3, -0.25) is 9.80 Å². The van der Waals surface area contributed by atoms with Crippen molar-refractivity contribution in [2.75, 3.05) is 26.2 Å². The van der Waals surface area contributed by atoms with Gasteiger partial charge in [0.2, 0.25) is 0 Å². The van der Waals surface area contributed by atoms with Gasteiger partial charge in [-0.2, -0.15) is 0 Å². The molecule has 100 valence electrons. The first-order valence-corrected chi connectivity index (χ1v) is 7.68. The largest absolute Gasteiger partial charge is 0.299 e. The summed E-state index contributed by atoms with van der Waals surface area (Å²) >= 11 is 0. The predicted molar refractivity (Wildman–Crippen MR) is 74.3 cm³/mol. The zero-order chi connectivity index (χ0) is 12.3. The summed E-state index contributed by atoms with van der Waals surface area (Å²) in [7, 11) is 0. The van der Waals surface area contributed by atoms with Crippen LogP contribution in [0.2, 0.25) is 0 Å². The highest BCUT2D eigenvalue weighted by Gasteiger charge is 2.30. The monoisotopic (exact) mass is 238 g/mol. The van der Waals surface area contributed by atoms with Crippen LogP contribution in [-0.4, -0.2) is 48.1 Å². The lowest BCUT2D eigenvalue weighted by Crippen LogP contribution is -2.41. The summed E-state index contributed by atoms with van der Waals surface area (Å²) in [6.07, 6.45) is 6.95. The lowest BCUT2D eigenvalue weighted by Gasteiger charge is -2.32. The standard InChI is InChI=1S/C15H30N2/c1-4-13(2)11-14(3)17-10-6-9-16-8-5-7-15(16)12-17/h13-15H,4-12H2,1-3H3. The molecule has 2 heteroatoms. The van der Waals surface area contributed by atoms with Gasteiger partial charge in [0.15, 0.2) is 0 Å². The van der Waals surface area contributed by atoms with E-state index in [1.165, 1.54) is 58.3 Å². The molecule has 0 aromatic heterocycles. The van der Waals surface area contributed by atoms with Crippen molar-refractivity contribution in [3.63, 3.8) is 0 Å². The lowest BCUT2D eigenvalue weighted by atomic mass is 9.99. The van der Waals surface area contributed by atoms with Gasteiger partial charge in [-0.15, -0.1) is 0 Å². The number of nitrogens with zero attached hydrogens (tertiary/aromatic N) is 2. The van der Waals surface area contributed by atoms with Gasteiger partial charge in [0.1, 0.15) is 0 Å². The van der Waals surface area contributed by atoms with Crippen LogP contribution in [0, 0.1) is 5.92 Å². The van der Waals surface area contributed by atoms with Crippen molar-refractivity contribution in [3.8, 4) is 0 Å². The van der Waals surface area contributed by atoms with Crippen LogP contribution in [0.5, 0.6) is 0 Å². The van der Waals surface area contributed by atoms with E-state index in [0.717, 1.165) is 18.0 Å². The smallest absolute Gasteiger partial charge is 0.0223 e. The highest BCUT2D eigenvalue weighted by atomic mass is 15.3. The highest BCUT2D eigenvalue weighted by Crippen LogP contribution is 2.24. The molecule has 0 N–H and O–H groups in total. The van der Waals surface area contributed by atoms with Crippen LogP contribution >= 0.6 is 0 Å². The Balaban J connectivity index is 1.87. The van der Waals surface area contributed by atoms with E-state index in [4.69, 9.17) is 0 Å². The first kappa shape index (κ1) is 13.4. The van der Waals surface area contributed by atoms with Crippen molar-refractivity contribution >= 4 is 0 Å². The first-order chi connectivity index (χ1) is 8.20. The van der Waals surface area contributed by atoms with Crippen molar-refractivity contribution in [1.29, 1.82) is 0 Å². The minimum Gasteiger partial charge on any atom is -0.299 e. The Labute approximate surface area is 107 Å². The molecule has 0 aromatic rings. The summed E-state index contributed by atoms with van der Waals surface area (Å²) in [4.78, 5) is 5.50. The molecule has 0 radical (unpaired) electrons. The highest BCUT2D eigenvalue weighted by molar-refractivity contribution is 4.86. The van der Waals surface area contributed by atoms with Crippen LogP contribution in [-0.2, 0) is 0 Å². The van der Waals surface area contributed by atoms with E-state index in [9.17, 15) is 0 Å². The fourth-order valence-corrected chi connectivity index (χ4v) is 3.53. The van der Waals surface area contributed by atoms with Crippen LogP contribution in [0.4, 0.5) is 0 Å². The first-order valence-electron chi connectivity index (χ1n) is 7.68. The van der Waals surface area contributed by atoms with Crippen molar-refractivity contribution in [2.24, 2.45) is 5.92 Å². The Kier molecular flexibility index (Phi) is 4.87. The third kappa shape index (κ3) is 3.45. The molecule has 2 saturated heterocycles. The molecule has 0 saturated carbocycles. The van der Waals surface area contributed by atoms with Gasteiger partial charge < -0.3 is 0 Å². The third-order valence-corrected chi connectivity index (χ3v) is 4.90. The summed E-state index contributed by atoms with van der Waals surface area (Å²) in [5.74, 6) is 0.882. The molecule has 2 fully saturated rings. The topological polar surface area (TPSA) is 6.48 Å². The van der Waals surface area contributed by atoms with Gasteiger partial charge in [-0.25, -0.2) is 0 Å². The van der Waals surface area contributed by atoms with E-state index in [1.54, 1.807) is 0 Å². The Morgan fingerprint density at radius 3 is 2.65 bits per heavy atom. The molecule has 0 aliphatic carbocycles. The molecule has 2 heterocycles. The molecule has 2 nitrogen and oxygen atoms in total. The molecule has 2 aliphatic rings. The number of hydrogen-bond donors (Lipinski definition) is 0. The minimum atomic E-state index is 0.783. The molecule has 2 aliphatic heterocycles. The normalized spacial score (nSPS) is 30.9. The number of rotatable bonds is 4. The Morgan fingerprint density at radius 2 is 1.88 bits per heavy atom. The SMILES string of the molecule is CCC(C)CC(C)N1CCCN2CCCC2C1. The molecule has 0 amide bonds. The zero-order valence-corrected chi connectivity index (χ0v) is 12.0. The van der Waals surface area contributed by atoms with Crippen molar-refractivity contribution in [3.05, 3.63) is 0 Å². The number of fused-ring (bicyclic) bond motifs is 1. The average molecular weight is 238 g/mol. The molecule has 0 bridgehead atoms. The van der Waals surface area contributed by atoms with Crippen molar-refractivity contribution in [2.45, 2.75) is 65.0 Å². The predicted octanol–water partition coefficient (Wildman–Crippen LogP) is 2.98. The second-order valence-electron chi connectivity index (χ2n) is 6.28. The van der Waals surface area contributed by atoms with Crippen LogP contribution in [0.1, 0.15) is 52.9 Å². The molecular weight excluding hydrogens is 208 g/mol. The van der Waals surface area contributed by atoms with Gasteiger partial charge in [-0.05, 0) is 58.2 Å². The molecule has 3 atom stereocenters. The Hall–Kier alpha value is -0.0800. The van der Waals surface area contributed by atoms with E-state index in [1.807, 2.05) is 0 Å². The summed E-state index contributed by atoms with van der Waals surface area (Å²) in [5, 5.41) is 0. The van der Waals surface area contributed by atoms with Crippen LogP contribution in [0.15, 0.2) is 0 Å². The van der Waals surface area contributed by atoms with Crippen LogP contribution < -0.4 is 0 Å². The second kappa shape index (κ2) is 6.19. The molecule has 0 aromatic carbocycles. The van der Waals surface area contributed by atoms with E-state index in [-0.39, 0.29) is 0 Å². The molecular formula is C15H30N2. The van der Waals surface area contributed by atoms with E-state index >= 15 is 0 Å². The fourth-order valence-electron chi connectivity index (χ4n) is 3.53. The zero-order valence-electron chi connectivity index (χ0n) is 12.0. The van der Waals surface area contributed by atoms with Crippen LogP contribution in [0.3, 0.4) is 0 Å². The maximum atomic E-state index is 2.77. The molecule has 17 heavy (non-hydrogen) atoms. The number of hydrogen-bond acceptors (Lipinski definition) is 2. The lowest BCUT2D eigenvalue weighted by molar-refractivity contribution is 0.163. The minimum absolute atomic E-state index is 0.783. The van der Waals surface area contributed by atoms with E-state index in [2.05, 4.69) is 30.6 Å². The molecule has 0 spiro atoms. The molecule has 2 rings (SSSR count). The molecule has 3 unspecified atom stereocenters. The summed E-state index contributed by atoms with van der Waals surface area (Å²) in [6.45, 7) is 12.5. The van der Waals surface area contributed by atoms with Gasteiger partial charge >= 0.3 is 0 Å². The van der Waals surface area contributed by atoms with Crippen LogP contribution in [0.25, 0.3) is 0 Å². The van der Waals surface area contributed by atoms with Gasteiger partial charge in [0.25, 0.3) is 0 Å². The average Bonchev–Trinajstić information content (AvgIpc) is 2.66. The maximum absolute atomic E-state index is 2.77. The summed E-state index contributed by atoms with van der Waals surface area (Å²) in [5.41, 5.74) is 0. The van der Waals surface area contributed by atoms with E-state index < -0.39 is 0 Å². The van der Waals surface area contributed by atoms with Gasteiger partial charge in [-0.1, -0.05) is 20.3 Å². The summed E-state index contributed by atoms with van der Waals surface area (Å²) in [6, 6.07) is 1.65. The third-order valence-electron chi connectivity index (χ3n) is 4.90. The van der Waals surface area contributed by atoms with E-state index in [0.29, 0.717) is 0 Å². The summed E-state index contributed by atoms with van der Waals surface area (Å²) < 4.78 is 0. The van der Waals surface area contributed by atoms with Crippen molar-refractivity contribution < 1.29 is 0 Å². The Morgan fingerprint density at radius 1 is 1.12 bits per heavy atom. The Bertz CT molecular complexity index is 229. The van der Waals surface area contributed by atoms with Gasteiger partial charge in [0.05, 0.1) is 0 Å². The maximum Gasteiger partial charge on any atom is 0.0223 e.